The highest BCUT2D eigenvalue weighted by molar-refractivity contribution is 5.89. The van der Waals surface area contributed by atoms with Crippen LogP contribution in [0.1, 0.15) is 32.3 Å². The summed E-state index contributed by atoms with van der Waals surface area (Å²) in [4.78, 5) is 12.3. The van der Waals surface area contributed by atoms with E-state index in [1.165, 1.54) is 5.57 Å². The van der Waals surface area contributed by atoms with E-state index in [-0.39, 0.29) is 18.0 Å². The fourth-order valence-electron chi connectivity index (χ4n) is 3.44. The summed E-state index contributed by atoms with van der Waals surface area (Å²) in [7, 11) is 0. The van der Waals surface area contributed by atoms with Crippen LogP contribution in [0.15, 0.2) is 42.0 Å². The SMILES string of the molecule is CC(=O)[C@@]1(c2ccccc2)C[C@@H]2C=C(C)C[C@H]1O2. The van der Waals surface area contributed by atoms with Crippen molar-refractivity contribution in [3.8, 4) is 0 Å². The van der Waals surface area contributed by atoms with Crippen LogP contribution < -0.4 is 0 Å². The number of rotatable bonds is 2. The number of ether oxygens (including phenoxy) is 1. The van der Waals surface area contributed by atoms with Crippen molar-refractivity contribution in [3.05, 3.63) is 47.5 Å². The predicted octanol–water partition coefficient (Wildman–Crippen LogP) is 3.02. The van der Waals surface area contributed by atoms with Gasteiger partial charge in [-0.25, -0.2) is 0 Å². The van der Waals surface area contributed by atoms with Gasteiger partial charge in [0, 0.05) is 0 Å². The van der Waals surface area contributed by atoms with Crippen molar-refractivity contribution in [2.24, 2.45) is 0 Å². The molecule has 2 aliphatic heterocycles. The number of fused-ring (bicyclic) bond motifs is 2. The van der Waals surface area contributed by atoms with Gasteiger partial charge in [-0.2, -0.15) is 0 Å². The lowest BCUT2D eigenvalue weighted by Crippen LogP contribution is -2.42. The smallest absolute Gasteiger partial charge is 0.143 e. The van der Waals surface area contributed by atoms with Crippen LogP contribution in [0.25, 0.3) is 0 Å². The number of hydrogen-bond donors (Lipinski definition) is 0. The minimum absolute atomic E-state index is 0.00685. The van der Waals surface area contributed by atoms with E-state index in [0.29, 0.717) is 0 Å². The third kappa shape index (κ3) is 1.56. The topological polar surface area (TPSA) is 26.3 Å². The fraction of sp³-hybridized carbons (Fsp3) is 0.438. The molecule has 2 heterocycles. The largest absolute Gasteiger partial charge is 0.369 e. The van der Waals surface area contributed by atoms with Gasteiger partial charge in [-0.15, -0.1) is 0 Å². The monoisotopic (exact) mass is 242 g/mol. The second-order valence-corrected chi connectivity index (χ2v) is 5.48. The first-order valence-corrected chi connectivity index (χ1v) is 6.52. The first-order valence-electron chi connectivity index (χ1n) is 6.52. The van der Waals surface area contributed by atoms with Crippen molar-refractivity contribution >= 4 is 5.78 Å². The molecule has 2 heteroatoms. The Bertz CT molecular complexity index is 503. The lowest BCUT2D eigenvalue weighted by atomic mass is 9.70. The molecule has 0 spiro atoms. The van der Waals surface area contributed by atoms with Gasteiger partial charge in [0.1, 0.15) is 5.78 Å². The highest BCUT2D eigenvalue weighted by atomic mass is 16.5. The van der Waals surface area contributed by atoms with Crippen LogP contribution in [0, 0.1) is 0 Å². The van der Waals surface area contributed by atoms with Crippen LogP contribution in [-0.4, -0.2) is 18.0 Å². The predicted molar refractivity (Wildman–Crippen MR) is 70.5 cm³/mol. The molecule has 0 radical (unpaired) electrons. The maximum Gasteiger partial charge on any atom is 0.143 e. The molecule has 2 bridgehead atoms. The van der Waals surface area contributed by atoms with E-state index in [1.54, 1.807) is 6.92 Å². The molecule has 1 aromatic carbocycles. The molecule has 1 aromatic rings. The van der Waals surface area contributed by atoms with E-state index in [4.69, 9.17) is 4.74 Å². The zero-order valence-electron chi connectivity index (χ0n) is 10.8. The van der Waals surface area contributed by atoms with Crippen LogP contribution in [0.2, 0.25) is 0 Å². The number of carbonyl (C=O) groups is 1. The van der Waals surface area contributed by atoms with Gasteiger partial charge in [0.15, 0.2) is 0 Å². The summed E-state index contributed by atoms with van der Waals surface area (Å²) < 4.78 is 6.00. The highest BCUT2D eigenvalue weighted by Gasteiger charge is 2.53. The van der Waals surface area contributed by atoms with Crippen molar-refractivity contribution in [1.82, 2.24) is 0 Å². The molecule has 0 amide bonds. The molecule has 1 saturated heterocycles. The lowest BCUT2D eigenvalue weighted by molar-refractivity contribution is -0.124. The number of benzene rings is 1. The first kappa shape index (κ1) is 11.7. The highest BCUT2D eigenvalue weighted by Crippen LogP contribution is 2.47. The standard InChI is InChI=1S/C16H18O2/c1-11-8-14-10-16(12(2)17,15(9-11)18-14)13-6-4-3-5-7-13/h3-8,14-15H,9-10H2,1-2H3/t14-,15+,16+/m0/s1. The van der Waals surface area contributed by atoms with Gasteiger partial charge in [-0.3, -0.25) is 4.79 Å². The zero-order valence-corrected chi connectivity index (χ0v) is 10.8. The molecule has 1 fully saturated rings. The summed E-state index contributed by atoms with van der Waals surface area (Å²) in [5, 5.41) is 0. The maximum atomic E-state index is 12.3. The van der Waals surface area contributed by atoms with Crippen LogP contribution in [0.5, 0.6) is 0 Å². The van der Waals surface area contributed by atoms with Gasteiger partial charge >= 0.3 is 0 Å². The first-order chi connectivity index (χ1) is 8.63. The molecule has 0 N–H and O–H groups in total. The van der Waals surface area contributed by atoms with E-state index in [2.05, 4.69) is 25.1 Å². The lowest BCUT2D eigenvalue weighted by Gasteiger charge is -2.32. The summed E-state index contributed by atoms with van der Waals surface area (Å²) in [5.74, 6) is 0.226. The Balaban J connectivity index is 2.09. The molecule has 3 atom stereocenters. The van der Waals surface area contributed by atoms with Crippen LogP contribution >= 0.6 is 0 Å². The summed E-state index contributed by atoms with van der Waals surface area (Å²) in [6, 6.07) is 10.1. The van der Waals surface area contributed by atoms with Gasteiger partial charge in [-0.05, 0) is 32.3 Å². The Hall–Kier alpha value is -1.41. The molecule has 0 saturated carbocycles. The van der Waals surface area contributed by atoms with Crippen molar-refractivity contribution in [2.45, 2.75) is 44.3 Å². The second kappa shape index (κ2) is 4.06. The minimum Gasteiger partial charge on any atom is -0.369 e. The third-order valence-electron chi connectivity index (χ3n) is 4.31. The molecule has 3 rings (SSSR count). The number of ketones is 1. The quantitative estimate of drug-likeness (QED) is 0.745. The molecule has 0 aliphatic carbocycles. The molecule has 0 aromatic heterocycles. The molecule has 2 aliphatic rings. The van der Waals surface area contributed by atoms with Gasteiger partial charge < -0.3 is 4.74 Å². The van der Waals surface area contributed by atoms with Crippen molar-refractivity contribution in [3.63, 3.8) is 0 Å². The minimum atomic E-state index is -0.444. The molecule has 94 valence electrons. The summed E-state index contributed by atoms with van der Waals surface area (Å²) in [5.41, 5.74) is 2.00. The van der Waals surface area contributed by atoms with Crippen LogP contribution in [0.4, 0.5) is 0 Å². The van der Waals surface area contributed by atoms with Crippen molar-refractivity contribution < 1.29 is 9.53 Å². The van der Waals surface area contributed by atoms with E-state index < -0.39 is 5.41 Å². The van der Waals surface area contributed by atoms with E-state index in [1.807, 2.05) is 18.2 Å². The Morgan fingerprint density at radius 2 is 2.06 bits per heavy atom. The zero-order chi connectivity index (χ0) is 12.8. The molecule has 0 unspecified atom stereocenters. The van der Waals surface area contributed by atoms with E-state index in [9.17, 15) is 4.79 Å². The van der Waals surface area contributed by atoms with Crippen molar-refractivity contribution in [1.29, 1.82) is 0 Å². The van der Waals surface area contributed by atoms with Crippen LogP contribution in [0.3, 0.4) is 0 Å². The van der Waals surface area contributed by atoms with Crippen LogP contribution in [-0.2, 0) is 14.9 Å². The summed E-state index contributed by atoms with van der Waals surface area (Å²) in [6.45, 7) is 3.83. The van der Waals surface area contributed by atoms with Gasteiger partial charge in [0.05, 0.1) is 17.6 Å². The molecule has 2 nitrogen and oxygen atoms in total. The van der Waals surface area contributed by atoms with E-state index in [0.717, 1.165) is 18.4 Å². The Morgan fingerprint density at radius 1 is 1.33 bits per heavy atom. The molecular weight excluding hydrogens is 224 g/mol. The Labute approximate surface area is 108 Å². The van der Waals surface area contributed by atoms with Gasteiger partial charge in [-0.1, -0.05) is 42.0 Å². The number of carbonyl (C=O) groups excluding carboxylic acids is 1. The van der Waals surface area contributed by atoms with Gasteiger partial charge in [0.25, 0.3) is 0 Å². The fourth-order valence-corrected chi connectivity index (χ4v) is 3.44. The second-order valence-electron chi connectivity index (χ2n) is 5.48. The normalized spacial score (nSPS) is 34.2. The average molecular weight is 242 g/mol. The third-order valence-corrected chi connectivity index (χ3v) is 4.31. The maximum absolute atomic E-state index is 12.3. The number of hydrogen-bond acceptors (Lipinski definition) is 2. The van der Waals surface area contributed by atoms with Crippen molar-refractivity contribution in [2.75, 3.05) is 0 Å². The molecular formula is C16H18O2. The Morgan fingerprint density at radius 3 is 2.72 bits per heavy atom. The van der Waals surface area contributed by atoms with E-state index >= 15 is 0 Å². The summed E-state index contributed by atoms with van der Waals surface area (Å²) in [6.07, 6.45) is 3.93. The molecule has 18 heavy (non-hydrogen) atoms. The average Bonchev–Trinajstić information content (AvgIpc) is 2.63. The summed E-state index contributed by atoms with van der Waals surface area (Å²) >= 11 is 0. The van der Waals surface area contributed by atoms with Gasteiger partial charge in [0.2, 0.25) is 0 Å². The number of Topliss-reactive ketones (excluding diaryl/α,β-unsaturated/α-hetero) is 1. The Kier molecular flexibility index (Phi) is 2.63.